The topological polar surface area (TPSA) is 80.2 Å². The number of rotatable bonds is 4. The van der Waals surface area contributed by atoms with E-state index in [1.165, 1.54) is 14.2 Å². The smallest absolute Gasteiger partial charge is 0.337 e. The van der Waals surface area contributed by atoms with Crippen LogP contribution in [0.4, 0.5) is 5.69 Å². The summed E-state index contributed by atoms with van der Waals surface area (Å²) in [5.41, 5.74) is 4.14. The number of nitrogens with one attached hydrogen (secondary N) is 1. The molecule has 0 atom stereocenters. The highest BCUT2D eigenvalue weighted by molar-refractivity contribution is 6.39. The number of piperidine rings is 1. The predicted molar refractivity (Wildman–Crippen MR) is 82.3 cm³/mol. The quantitative estimate of drug-likeness (QED) is 0.673. The van der Waals surface area contributed by atoms with Crippen LogP contribution in [0.5, 0.6) is 5.75 Å². The van der Waals surface area contributed by atoms with Crippen LogP contribution in [0.25, 0.3) is 0 Å². The third-order valence-corrected chi connectivity index (χ3v) is 3.43. The molecule has 2 rings (SSSR count). The molecular weight excluding hydrogens is 286 g/mol. The van der Waals surface area contributed by atoms with Crippen molar-refractivity contribution in [3.63, 3.8) is 0 Å². The maximum atomic E-state index is 12.0. The number of esters is 1. The molecule has 1 heterocycles. The number of amides is 1. The fourth-order valence-electron chi connectivity index (χ4n) is 2.18. The first-order chi connectivity index (χ1) is 10.6. The van der Waals surface area contributed by atoms with E-state index < -0.39 is 5.97 Å². The Kier molecular flexibility index (Phi) is 4.98. The van der Waals surface area contributed by atoms with E-state index in [0.29, 0.717) is 29.1 Å². The molecule has 0 radical (unpaired) electrons. The number of carbonyl (C=O) groups excluding carboxylic acids is 2. The highest BCUT2D eigenvalue weighted by atomic mass is 16.5. The Labute approximate surface area is 128 Å². The summed E-state index contributed by atoms with van der Waals surface area (Å²) in [4.78, 5) is 25.2. The number of methoxy groups -OCH3 is 2. The zero-order valence-electron chi connectivity index (χ0n) is 12.9. The Morgan fingerprint density at radius 2 is 2.14 bits per heavy atom. The Morgan fingerprint density at radius 3 is 2.82 bits per heavy atom. The van der Waals surface area contributed by atoms with E-state index in [-0.39, 0.29) is 5.91 Å². The van der Waals surface area contributed by atoms with E-state index in [2.05, 4.69) is 15.3 Å². The Morgan fingerprint density at radius 1 is 1.36 bits per heavy atom. The SMILES string of the molecule is COC(=O)c1ccc(OC)c(NN=C2CCCN(C)C2=O)c1. The fourth-order valence-corrected chi connectivity index (χ4v) is 2.18. The number of benzene rings is 1. The Bertz CT molecular complexity index is 613. The maximum absolute atomic E-state index is 12.0. The van der Waals surface area contributed by atoms with Crippen molar-refractivity contribution in [3.05, 3.63) is 23.8 Å². The van der Waals surface area contributed by atoms with Crippen molar-refractivity contribution in [1.29, 1.82) is 0 Å². The van der Waals surface area contributed by atoms with Gasteiger partial charge in [0, 0.05) is 13.6 Å². The van der Waals surface area contributed by atoms with E-state index >= 15 is 0 Å². The largest absolute Gasteiger partial charge is 0.495 e. The van der Waals surface area contributed by atoms with Gasteiger partial charge in [0.25, 0.3) is 5.91 Å². The predicted octanol–water partition coefficient (Wildman–Crippen LogP) is 1.50. The number of ether oxygens (including phenoxy) is 2. The average molecular weight is 305 g/mol. The van der Waals surface area contributed by atoms with E-state index in [1.54, 1.807) is 30.1 Å². The van der Waals surface area contributed by atoms with Crippen molar-refractivity contribution in [1.82, 2.24) is 4.90 Å². The summed E-state index contributed by atoms with van der Waals surface area (Å²) in [5.74, 6) is -0.0257. The number of hydrazone groups is 1. The van der Waals surface area contributed by atoms with Crippen molar-refractivity contribution in [2.45, 2.75) is 12.8 Å². The minimum Gasteiger partial charge on any atom is -0.495 e. The summed E-state index contributed by atoms with van der Waals surface area (Å²) in [6.45, 7) is 0.735. The maximum Gasteiger partial charge on any atom is 0.337 e. The number of nitrogens with zero attached hydrogens (tertiary/aromatic N) is 2. The number of hydrogen-bond donors (Lipinski definition) is 1. The molecule has 0 spiro atoms. The molecule has 1 N–H and O–H groups in total. The van der Waals surface area contributed by atoms with Crippen molar-refractivity contribution in [2.75, 3.05) is 33.2 Å². The molecule has 0 unspecified atom stereocenters. The molecule has 0 bridgehead atoms. The minimum atomic E-state index is -0.452. The summed E-state index contributed by atoms with van der Waals surface area (Å²) >= 11 is 0. The first kappa shape index (κ1) is 15.8. The lowest BCUT2D eigenvalue weighted by atomic mass is 10.1. The van der Waals surface area contributed by atoms with Crippen LogP contribution in [0.1, 0.15) is 23.2 Å². The van der Waals surface area contributed by atoms with Crippen LogP contribution in [-0.4, -0.2) is 50.3 Å². The van der Waals surface area contributed by atoms with Gasteiger partial charge in [-0.15, -0.1) is 0 Å². The van der Waals surface area contributed by atoms with E-state index in [4.69, 9.17) is 4.74 Å². The normalized spacial score (nSPS) is 16.6. The zero-order valence-corrected chi connectivity index (χ0v) is 12.9. The van der Waals surface area contributed by atoms with Crippen molar-refractivity contribution >= 4 is 23.3 Å². The third kappa shape index (κ3) is 3.36. The molecule has 7 heteroatoms. The second kappa shape index (κ2) is 6.93. The van der Waals surface area contributed by atoms with Gasteiger partial charge >= 0.3 is 5.97 Å². The molecule has 22 heavy (non-hydrogen) atoms. The number of carbonyl (C=O) groups is 2. The molecule has 0 saturated carbocycles. The van der Waals surface area contributed by atoms with Gasteiger partial charge < -0.3 is 14.4 Å². The highest BCUT2D eigenvalue weighted by Gasteiger charge is 2.21. The molecule has 1 amide bonds. The van der Waals surface area contributed by atoms with Crippen molar-refractivity contribution < 1.29 is 19.1 Å². The van der Waals surface area contributed by atoms with Gasteiger partial charge in [-0.1, -0.05) is 0 Å². The van der Waals surface area contributed by atoms with Crippen LogP contribution in [0.2, 0.25) is 0 Å². The third-order valence-electron chi connectivity index (χ3n) is 3.43. The van der Waals surface area contributed by atoms with Gasteiger partial charge in [0.15, 0.2) is 0 Å². The lowest BCUT2D eigenvalue weighted by Gasteiger charge is -2.23. The van der Waals surface area contributed by atoms with Crippen LogP contribution in [0.3, 0.4) is 0 Å². The van der Waals surface area contributed by atoms with Crippen LogP contribution < -0.4 is 10.2 Å². The molecule has 1 saturated heterocycles. The van der Waals surface area contributed by atoms with E-state index in [1.807, 2.05) is 0 Å². The van der Waals surface area contributed by atoms with Crippen LogP contribution in [0, 0.1) is 0 Å². The molecule has 1 aliphatic heterocycles. The molecule has 1 aromatic carbocycles. The summed E-state index contributed by atoms with van der Waals surface area (Å²) in [6, 6.07) is 4.82. The Hall–Kier alpha value is -2.57. The van der Waals surface area contributed by atoms with Gasteiger partial charge in [-0.25, -0.2) is 4.79 Å². The van der Waals surface area contributed by atoms with Gasteiger partial charge in [-0.3, -0.25) is 10.2 Å². The monoisotopic (exact) mass is 305 g/mol. The van der Waals surface area contributed by atoms with Gasteiger partial charge in [-0.2, -0.15) is 5.10 Å². The first-order valence-corrected chi connectivity index (χ1v) is 6.91. The molecular formula is C15H19N3O4. The van der Waals surface area contributed by atoms with Gasteiger partial charge in [0.05, 0.1) is 25.5 Å². The summed E-state index contributed by atoms with van der Waals surface area (Å²) in [7, 11) is 4.58. The fraction of sp³-hybridized carbons (Fsp3) is 0.400. The molecule has 1 aliphatic rings. The van der Waals surface area contributed by atoms with Crippen LogP contribution >= 0.6 is 0 Å². The van der Waals surface area contributed by atoms with Crippen LogP contribution in [-0.2, 0) is 9.53 Å². The van der Waals surface area contributed by atoms with Crippen molar-refractivity contribution in [2.24, 2.45) is 5.10 Å². The van der Waals surface area contributed by atoms with Crippen molar-refractivity contribution in [3.8, 4) is 5.75 Å². The number of anilines is 1. The molecule has 1 fully saturated rings. The molecule has 7 nitrogen and oxygen atoms in total. The second-order valence-electron chi connectivity index (χ2n) is 4.91. The summed E-state index contributed by atoms with van der Waals surface area (Å²) in [5, 5.41) is 4.16. The number of likely N-dealkylation sites (tertiary alicyclic amines) is 1. The molecule has 118 valence electrons. The molecule has 0 aliphatic carbocycles. The van der Waals surface area contributed by atoms with E-state index in [9.17, 15) is 9.59 Å². The Balaban J connectivity index is 2.24. The molecule has 0 aromatic heterocycles. The van der Waals surface area contributed by atoms with Gasteiger partial charge in [0.2, 0.25) is 0 Å². The lowest BCUT2D eigenvalue weighted by Crippen LogP contribution is -2.39. The van der Waals surface area contributed by atoms with Gasteiger partial charge in [-0.05, 0) is 31.0 Å². The number of hydrogen-bond acceptors (Lipinski definition) is 6. The first-order valence-electron chi connectivity index (χ1n) is 6.91. The average Bonchev–Trinajstić information content (AvgIpc) is 2.55. The summed E-state index contributed by atoms with van der Waals surface area (Å²) in [6.07, 6.45) is 1.50. The lowest BCUT2D eigenvalue weighted by molar-refractivity contribution is -0.123. The second-order valence-corrected chi connectivity index (χ2v) is 4.91. The zero-order chi connectivity index (χ0) is 16.1. The van der Waals surface area contributed by atoms with E-state index in [0.717, 1.165) is 13.0 Å². The molecule has 1 aromatic rings. The van der Waals surface area contributed by atoms with Gasteiger partial charge in [0.1, 0.15) is 11.5 Å². The van der Waals surface area contributed by atoms with Crippen LogP contribution in [0.15, 0.2) is 23.3 Å². The standard InChI is InChI=1S/C15H19N3O4/c1-18-8-4-5-11(14(18)19)16-17-12-9-10(15(20)22-3)6-7-13(12)21-2/h6-7,9,17H,4-5,8H2,1-3H3. The minimum absolute atomic E-state index is 0.0955. The summed E-state index contributed by atoms with van der Waals surface area (Å²) < 4.78 is 9.91. The highest BCUT2D eigenvalue weighted by Crippen LogP contribution is 2.26.